The van der Waals surface area contributed by atoms with E-state index in [1.807, 2.05) is 6.07 Å². The normalized spacial score (nSPS) is 10.8. The molecule has 2 aromatic rings. The van der Waals surface area contributed by atoms with E-state index in [9.17, 15) is 0 Å². The van der Waals surface area contributed by atoms with Crippen molar-refractivity contribution >= 4 is 22.9 Å². The quantitative estimate of drug-likeness (QED) is 0.859. The first-order valence-corrected chi connectivity index (χ1v) is 6.96. The SMILES string of the molecule is CCNCc1ccc(-c2ccc(Cl)s2)c(C)c1. The summed E-state index contributed by atoms with van der Waals surface area (Å²) in [7, 11) is 0. The molecular formula is C14H16ClNS. The molecule has 0 saturated carbocycles. The van der Waals surface area contributed by atoms with Gasteiger partial charge in [0.05, 0.1) is 4.34 Å². The molecule has 17 heavy (non-hydrogen) atoms. The Hall–Kier alpha value is -0.830. The van der Waals surface area contributed by atoms with Crippen LogP contribution in [0.15, 0.2) is 30.3 Å². The minimum Gasteiger partial charge on any atom is -0.313 e. The van der Waals surface area contributed by atoms with Crippen molar-refractivity contribution in [1.29, 1.82) is 0 Å². The monoisotopic (exact) mass is 265 g/mol. The van der Waals surface area contributed by atoms with E-state index in [1.54, 1.807) is 11.3 Å². The van der Waals surface area contributed by atoms with Crippen molar-refractivity contribution in [2.24, 2.45) is 0 Å². The van der Waals surface area contributed by atoms with Gasteiger partial charge in [-0.1, -0.05) is 36.7 Å². The predicted molar refractivity (Wildman–Crippen MR) is 76.9 cm³/mol. The van der Waals surface area contributed by atoms with E-state index in [2.05, 4.69) is 43.4 Å². The molecule has 1 nitrogen and oxygen atoms in total. The van der Waals surface area contributed by atoms with Crippen molar-refractivity contribution in [1.82, 2.24) is 5.32 Å². The van der Waals surface area contributed by atoms with Crippen molar-refractivity contribution < 1.29 is 0 Å². The van der Waals surface area contributed by atoms with Crippen LogP contribution in [0.2, 0.25) is 4.34 Å². The highest BCUT2D eigenvalue weighted by Gasteiger charge is 2.05. The number of halogens is 1. The smallest absolute Gasteiger partial charge is 0.0934 e. The second kappa shape index (κ2) is 5.67. The van der Waals surface area contributed by atoms with E-state index in [-0.39, 0.29) is 0 Å². The molecule has 0 unspecified atom stereocenters. The molecule has 0 fully saturated rings. The number of hydrogen-bond donors (Lipinski definition) is 1. The summed E-state index contributed by atoms with van der Waals surface area (Å²) in [6, 6.07) is 10.6. The lowest BCUT2D eigenvalue weighted by molar-refractivity contribution is 0.726. The van der Waals surface area contributed by atoms with E-state index < -0.39 is 0 Å². The Labute approximate surface area is 111 Å². The molecular weight excluding hydrogens is 250 g/mol. The van der Waals surface area contributed by atoms with Crippen molar-refractivity contribution in [2.75, 3.05) is 6.54 Å². The van der Waals surface area contributed by atoms with E-state index in [0.29, 0.717) is 0 Å². The van der Waals surface area contributed by atoms with Gasteiger partial charge in [0.25, 0.3) is 0 Å². The lowest BCUT2D eigenvalue weighted by Crippen LogP contribution is -2.11. The Morgan fingerprint density at radius 2 is 2.06 bits per heavy atom. The van der Waals surface area contributed by atoms with Crippen LogP contribution in [0, 0.1) is 6.92 Å². The third kappa shape index (κ3) is 3.09. The zero-order valence-electron chi connectivity index (χ0n) is 10.1. The molecule has 0 spiro atoms. The molecule has 1 heterocycles. The molecule has 3 heteroatoms. The number of rotatable bonds is 4. The zero-order chi connectivity index (χ0) is 12.3. The number of hydrogen-bond acceptors (Lipinski definition) is 2. The van der Waals surface area contributed by atoms with Crippen LogP contribution in [-0.2, 0) is 6.54 Å². The van der Waals surface area contributed by atoms with E-state index in [1.165, 1.54) is 21.6 Å². The average Bonchev–Trinajstić information content (AvgIpc) is 2.73. The van der Waals surface area contributed by atoms with Gasteiger partial charge in [-0.15, -0.1) is 11.3 Å². The average molecular weight is 266 g/mol. The Kier molecular flexibility index (Phi) is 4.21. The van der Waals surface area contributed by atoms with Crippen LogP contribution in [0.1, 0.15) is 18.1 Å². The fourth-order valence-electron chi connectivity index (χ4n) is 1.84. The molecule has 0 aliphatic heterocycles. The topological polar surface area (TPSA) is 12.0 Å². The number of thiophene rings is 1. The fourth-order valence-corrected chi connectivity index (χ4v) is 2.97. The van der Waals surface area contributed by atoms with Crippen LogP contribution in [0.4, 0.5) is 0 Å². The van der Waals surface area contributed by atoms with Crippen molar-refractivity contribution in [2.45, 2.75) is 20.4 Å². The lowest BCUT2D eigenvalue weighted by Gasteiger charge is -2.07. The van der Waals surface area contributed by atoms with Gasteiger partial charge in [-0.25, -0.2) is 0 Å². The minimum atomic E-state index is 0.844. The van der Waals surface area contributed by atoms with Gasteiger partial charge >= 0.3 is 0 Å². The highest BCUT2D eigenvalue weighted by atomic mass is 35.5. The zero-order valence-corrected chi connectivity index (χ0v) is 11.7. The standard InChI is InChI=1S/C14H16ClNS/c1-3-16-9-11-4-5-12(10(2)8-11)13-6-7-14(15)17-13/h4-8,16H,3,9H2,1-2H3. The van der Waals surface area contributed by atoms with Crippen LogP contribution >= 0.6 is 22.9 Å². The van der Waals surface area contributed by atoms with Crippen LogP contribution in [-0.4, -0.2) is 6.54 Å². The van der Waals surface area contributed by atoms with Gasteiger partial charge in [0.1, 0.15) is 0 Å². The van der Waals surface area contributed by atoms with Crippen LogP contribution in [0.5, 0.6) is 0 Å². The number of nitrogens with one attached hydrogen (secondary N) is 1. The predicted octanol–water partition coefficient (Wildman–Crippen LogP) is 4.49. The van der Waals surface area contributed by atoms with Crippen molar-refractivity contribution in [3.05, 3.63) is 45.8 Å². The summed E-state index contributed by atoms with van der Waals surface area (Å²) in [6.45, 7) is 6.21. The molecule has 2 rings (SSSR count). The highest BCUT2D eigenvalue weighted by Crippen LogP contribution is 2.33. The third-order valence-electron chi connectivity index (χ3n) is 2.71. The van der Waals surface area contributed by atoms with Gasteiger partial charge in [0.2, 0.25) is 0 Å². The molecule has 1 aromatic carbocycles. The molecule has 0 saturated heterocycles. The highest BCUT2D eigenvalue weighted by molar-refractivity contribution is 7.19. The van der Waals surface area contributed by atoms with Gasteiger partial charge in [-0.3, -0.25) is 0 Å². The third-order valence-corrected chi connectivity index (χ3v) is 3.97. The first-order valence-electron chi connectivity index (χ1n) is 5.76. The second-order valence-electron chi connectivity index (χ2n) is 4.03. The maximum Gasteiger partial charge on any atom is 0.0934 e. The summed E-state index contributed by atoms with van der Waals surface area (Å²) in [5, 5.41) is 3.34. The van der Waals surface area contributed by atoms with Crippen molar-refractivity contribution in [3.63, 3.8) is 0 Å². The van der Waals surface area contributed by atoms with Gasteiger partial charge in [-0.2, -0.15) is 0 Å². The summed E-state index contributed by atoms with van der Waals surface area (Å²) in [5.74, 6) is 0. The fraction of sp³-hybridized carbons (Fsp3) is 0.286. The van der Waals surface area contributed by atoms with E-state index >= 15 is 0 Å². The number of benzene rings is 1. The van der Waals surface area contributed by atoms with E-state index in [4.69, 9.17) is 11.6 Å². The maximum absolute atomic E-state index is 5.97. The first-order chi connectivity index (χ1) is 8.20. The molecule has 0 bridgehead atoms. The first kappa shape index (κ1) is 12.6. The Bertz CT molecular complexity index is 505. The summed E-state index contributed by atoms with van der Waals surface area (Å²) in [5.41, 5.74) is 3.91. The largest absolute Gasteiger partial charge is 0.313 e. The van der Waals surface area contributed by atoms with Gasteiger partial charge < -0.3 is 5.32 Å². The molecule has 1 aromatic heterocycles. The van der Waals surface area contributed by atoms with Crippen molar-refractivity contribution in [3.8, 4) is 10.4 Å². The Balaban J connectivity index is 2.25. The second-order valence-corrected chi connectivity index (χ2v) is 5.75. The number of aryl methyl sites for hydroxylation is 1. The van der Waals surface area contributed by atoms with Gasteiger partial charge in [-0.05, 0) is 42.3 Å². The molecule has 0 aliphatic carbocycles. The van der Waals surface area contributed by atoms with Gasteiger partial charge in [0, 0.05) is 11.4 Å². The van der Waals surface area contributed by atoms with E-state index in [0.717, 1.165) is 17.4 Å². The van der Waals surface area contributed by atoms with Crippen LogP contribution in [0.25, 0.3) is 10.4 Å². The maximum atomic E-state index is 5.97. The molecule has 0 amide bonds. The molecule has 0 radical (unpaired) electrons. The molecule has 90 valence electrons. The minimum absolute atomic E-state index is 0.844. The summed E-state index contributed by atoms with van der Waals surface area (Å²) < 4.78 is 0.844. The Morgan fingerprint density at radius 1 is 1.24 bits per heavy atom. The lowest BCUT2D eigenvalue weighted by atomic mass is 10.0. The molecule has 0 atom stereocenters. The summed E-state index contributed by atoms with van der Waals surface area (Å²) in [6.07, 6.45) is 0. The summed E-state index contributed by atoms with van der Waals surface area (Å²) >= 11 is 7.60. The summed E-state index contributed by atoms with van der Waals surface area (Å²) in [4.78, 5) is 1.24. The van der Waals surface area contributed by atoms with Gasteiger partial charge in [0.15, 0.2) is 0 Å². The molecule has 0 aliphatic rings. The van der Waals surface area contributed by atoms with Crippen LogP contribution in [0.3, 0.4) is 0 Å². The molecule has 1 N–H and O–H groups in total. The Morgan fingerprint density at radius 3 is 2.65 bits per heavy atom. The van der Waals surface area contributed by atoms with Crippen LogP contribution < -0.4 is 5.32 Å².